The van der Waals surface area contributed by atoms with E-state index in [0.29, 0.717) is 23.1 Å². The number of amides is 2. The smallest absolute Gasteiger partial charge is 0.293 e. The van der Waals surface area contributed by atoms with Crippen molar-refractivity contribution in [3.63, 3.8) is 0 Å². The van der Waals surface area contributed by atoms with Gasteiger partial charge in [0, 0.05) is 22.7 Å². The number of nitro groups is 1. The molecule has 0 aliphatic carbocycles. The number of carbonyl (C=O) groups is 2. The zero-order valence-electron chi connectivity index (χ0n) is 16.9. The molecule has 3 aromatic rings. The van der Waals surface area contributed by atoms with Gasteiger partial charge < -0.3 is 9.15 Å². The normalized spacial score (nSPS) is 14.9. The van der Waals surface area contributed by atoms with E-state index in [2.05, 4.69) is 0 Å². The van der Waals surface area contributed by atoms with Crippen molar-refractivity contribution in [3.8, 4) is 17.1 Å². The number of nitro benzene ring substituents is 1. The number of halogens is 2. The number of imide groups is 1. The van der Waals surface area contributed by atoms with Crippen LogP contribution >= 0.6 is 23.4 Å². The molecule has 1 aliphatic rings. The summed E-state index contributed by atoms with van der Waals surface area (Å²) in [6.07, 6.45) is 1.40. The average Bonchev–Trinajstić information content (AvgIpc) is 3.35. The highest BCUT2D eigenvalue weighted by Gasteiger charge is 2.36. The van der Waals surface area contributed by atoms with Crippen LogP contribution in [0.4, 0.5) is 14.9 Å². The summed E-state index contributed by atoms with van der Waals surface area (Å²) in [5, 5.41) is 10.5. The Bertz CT molecular complexity index is 1300. The lowest BCUT2D eigenvalue weighted by molar-refractivity contribution is -0.384. The highest BCUT2D eigenvalue weighted by molar-refractivity contribution is 8.18. The predicted octanol–water partition coefficient (Wildman–Crippen LogP) is 5.89. The number of ether oxygens (including phenoxy) is 1. The molecule has 4 rings (SSSR count). The van der Waals surface area contributed by atoms with Crippen LogP contribution in [0.2, 0.25) is 5.02 Å². The molecule has 0 unspecified atom stereocenters. The van der Waals surface area contributed by atoms with E-state index in [0.717, 1.165) is 4.90 Å². The molecule has 33 heavy (non-hydrogen) atoms. The maximum Gasteiger partial charge on any atom is 0.293 e. The largest absolute Gasteiger partial charge is 0.496 e. The van der Waals surface area contributed by atoms with E-state index >= 15 is 0 Å². The Hall–Kier alpha value is -3.63. The molecule has 2 aromatic carbocycles. The zero-order valence-corrected chi connectivity index (χ0v) is 18.5. The molecular weight excluding hydrogens is 475 g/mol. The van der Waals surface area contributed by atoms with Gasteiger partial charge in [-0.25, -0.2) is 4.39 Å². The fourth-order valence-electron chi connectivity index (χ4n) is 3.18. The fourth-order valence-corrected chi connectivity index (χ4v) is 4.22. The number of methoxy groups -OCH3 is 1. The lowest BCUT2D eigenvalue weighted by Crippen LogP contribution is -2.28. The second kappa shape index (κ2) is 9.08. The van der Waals surface area contributed by atoms with Gasteiger partial charge in [-0.2, -0.15) is 0 Å². The molecular formula is C22H14ClFN2O6S. The van der Waals surface area contributed by atoms with Gasteiger partial charge in [-0.1, -0.05) is 17.7 Å². The number of non-ortho nitro benzene ring substituents is 1. The third kappa shape index (κ3) is 4.48. The van der Waals surface area contributed by atoms with Crippen LogP contribution in [-0.2, 0) is 11.3 Å². The summed E-state index contributed by atoms with van der Waals surface area (Å²) in [5.41, 5.74) is 0.393. The Balaban J connectivity index is 1.58. The molecule has 0 saturated carbocycles. The number of rotatable bonds is 6. The van der Waals surface area contributed by atoms with Crippen molar-refractivity contribution >= 4 is 46.3 Å². The average molecular weight is 489 g/mol. The fraction of sp³-hybridized carbons (Fsp3) is 0.0909. The summed E-state index contributed by atoms with van der Waals surface area (Å²) >= 11 is 6.71. The predicted molar refractivity (Wildman–Crippen MR) is 120 cm³/mol. The SMILES string of the molecule is COc1cc([N+](=O)[O-])ccc1-c1ccc(/C=C2\SC(=O)N(Cc3c(F)cccc3Cl)C2=O)o1. The number of benzene rings is 2. The van der Waals surface area contributed by atoms with E-state index in [4.69, 9.17) is 20.8 Å². The van der Waals surface area contributed by atoms with Crippen molar-refractivity contribution < 1.29 is 28.1 Å². The summed E-state index contributed by atoms with van der Waals surface area (Å²) in [5.74, 6) is -0.342. The molecule has 0 radical (unpaired) electrons. The van der Waals surface area contributed by atoms with Crippen molar-refractivity contribution in [2.24, 2.45) is 0 Å². The van der Waals surface area contributed by atoms with Crippen molar-refractivity contribution in [3.05, 3.63) is 85.7 Å². The van der Waals surface area contributed by atoms with Crippen LogP contribution in [-0.4, -0.2) is 28.1 Å². The second-order valence-corrected chi connectivity index (χ2v) is 8.21. The first kappa shape index (κ1) is 22.6. The molecule has 168 valence electrons. The van der Waals surface area contributed by atoms with Gasteiger partial charge in [-0.05, 0) is 42.1 Å². The molecule has 8 nitrogen and oxygen atoms in total. The minimum atomic E-state index is -0.613. The van der Waals surface area contributed by atoms with Crippen LogP contribution in [0.15, 0.2) is 57.9 Å². The summed E-state index contributed by atoms with van der Waals surface area (Å²) in [6, 6.07) is 11.4. The van der Waals surface area contributed by atoms with Gasteiger partial charge >= 0.3 is 0 Å². The first-order valence-corrected chi connectivity index (χ1v) is 10.6. The van der Waals surface area contributed by atoms with Crippen LogP contribution in [0.25, 0.3) is 17.4 Å². The van der Waals surface area contributed by atoms with Gasteiger partial charge in [-0.15, -0.1) is 0 Å². The second-order valence-electron chi connectivity index (χ2n) is 6.81. The molecule has 0 atom stereocenters. The van der Waals surface area contributed by atoms with E-state index in [-0.39, 0.29) is 39.2 Å². The number of hydrogen-bond donors (Lipinski definition) is 0. The van der Waals surface area contributed by atoms with E-state index in [1.807, 2.05) is 0 Å². The highest BCUT2D eigenvalue weighted by Crippen LogP contribution is 2.37. The van der Waals surface area contributed by atoms with Crippen LogP contribution < -0.4 is 4.74 Å². The Kier molecular flexibility index (Phi) is 6.21. The van der Waals surface area contributed by atoms with Gasteiger partial charge in [0.15, 0.2) is 0 Å². The molecule has 2 amide bonds. The van der Waals surface area contributed by atoms with Gasteiger partial charge in [-0.3, -0.25) is 24.6 Å². The summed E-state index contributed by atoms with van der Waals surface area (Å²) in [6.45, 7) is -0.295. The number of furan rings is 1. The quantitative estimate of drug-likeness (QED) is 0.242. The number of thioether (sulfide) groups is 1. The number of carbonyl (C=O) groups excluding carboxylic acids is 2. The van der Waals surface area contributed by atoms with E-state index < -0.39 is 21.9 Å². The monoisotopic (exact) mass is 488 g/mol. The topological polar surface area (TPSA) is 103 Å². The van der Waals surface area contributed by atoms with E-state index in [1.54, 1.807) is 12.1 Å². The first-order chi connectivity index (χ1) is 15.8. The molecule has 11 heteroatoms. The third-order valence-electron chi connectivity index (χ3n) is 4.81. The molecule has 0 N–H and O–H groups in total. The molecule has 1 fully saturated rings. The van der Waals surface area contributed by atoms with E-state index in [9.17, 15) is 24.1 Å². The van der Waals surface area contributed by atoms with Gasteiger partial charge in [0.25, 0.3) is 16.8 Å². The molecule has 0 spiro atoms. The Morgan fingerprint density at radius 1 is 1.24 bits per heavy atom. The minimum Gasteiger partial charge on any atom is -0.496 e. The lowest BCUT2D eigenvalue weighted by atomic mass is 10.1. The molecule has 0 bridgehead atoms. The standard InChI is InChI=1S/C22H14ClFN2O6S/c1-31-19-9-12(26(29)30)5-7-14(19)18-8-6-13(32-18)10-20-21(27)25(22(28)33-20)11-15-16(23)3-2-4-17(15)24/h2-10H,11H2,1H3/b20-10-. The Morgan fingerprint density at radius 2 is 2.03 bits per heavy atom. The summed E-state index contributed by atoms with van der Waals surface area (Å²) in [4.78, 5) is 36.6. The van der Waals surface area contributed by atoms with Crippen LogP contribution in [0.1, 0.15) is 11.3 Å². The minimum absolute atomic E-state index is 0.0493. The third-order valence-corrected chi connectivity index (χ3v) is 6.07. The van der Waals surface area contributed by atoms with Crippen molar-refractivity contribution in [2.45, 2.75) is 6.54 Å². The number of nitrogens with zero attached hydrogens (tertiary/aromatic N) is 2. The molecule has 1 saturated heterocycles. The summed E-state index contributed by atoms with van der Waals surface area (Å²) < 4.78 is 25.0. The van der Waals surface area contributed by atoms with Gasteiger partial charge in [0.1, 0.15) is 23.1 Å². The number of hydrogen-bond acceptors (Lipinski definition) is 7. The maximum atomic E-state index is 14.1. The van der Waals surface area contributed by atoms with Crippen LogP contribution in [0, 0.1) is 15.9 Å². The van der Waals surface area contributed by atoms with Crippen molar-refractivity contribution in [2.75, 3.05) is 7.11 Å². The van der Waals surface area contributed by atoms with Gasteiger partial charge in [0.05, 0.1) is 35.1 Å². The summed E-state index contributed by atoms with van der Waals surface area (Å²) in [7, 11) is 1.38. The molecule has 1 aromatic heterocycles. The zero-order chi connectivity index (χ0) is 23.7. The molecule has 2 heterocycles. The van der Waals surface area contributed by atoms with Crippen LogP contribution in [0.5, 0.6) is 5.75 Å². The Labute approximate surface area is 195 Å². The van der Waals surface area contributed by atoms with Crippen molar-refractivity contribution in [1.82, 2.24) is 4.90 Å². The Morgan fingerprint density at radius 3 is 2.73 bits per heavy atom. The van der Waals surface area contributed by atoms with Crippen LogP contribution in [0.3, 0.4) is 0 Å². The first-order valence-electron chi connectivity index (χ1n) is 9.39. The van der Waals surface area contributed by atoms with Gasteiger partial charge in [0.2, 0.25) is 0 Å². The maximum absolute atomic E-state index is 14.1. The molecule has 1 aliphatic heterocycles. The lowest BCUT2D eigenvalue weighted by Gasteiger charge is -2.14. The van der Waals surface area contributed by atoms with E-state index in [1.165, 1.54) is 49.6 Å². The van der Waals surface area contributed by atoms with Crippen molar-refractivity contribution in [1.29, 1.82) is 0 Å². The highest BCUT2D eigenvalue weighted by atomic mass is 35.5.